The molecule has 0 bridgehead atoms. The fraction of sp³-hybridized carbons (Fsp3) is 0.571. The van der Waals surface area contributed by atoms with Gasteiger partial charge in [0.2, 0.25) is 5.91 Å². The second-order valence-corrected chi connectivity index (χ2v) is 2.21. The predicted octanol–water partition coefficient (Wildman–Crippen LogP) is -0.436. The van der Waals surface area contributed by atoms with E-state index in [1.54, 1.807) is 6.92 Å². The van der Waals surface area contributed by atoms with E-state index in [0.29, 0.717) is 12.1 Å². The number of carbonyl (C=O) groups excluding carboxylic acids is 1. The van der Waals surface area contributed by atoms with E-state index in [1.165, 1.54) is 0 Å². The van der Waals surface area contributed by atoms with Crippen molar-refractivity contribution in [3.63, 3.8) is 0 Å². The van der Waals surface area contributed by atoms with Crippen LogP contribution in [0.1, 0.15) is 13.8 Å². The Morgan fingerprint density at radius 1 is 1.73 bits per heavy atom. The van der Waals surface area contributed by atoms with Crippen molar-refractivity contribution in [2.24, 2.45) is 0 Å². The second-order valence-electron chi connectivity index (χ2n) is 2.21. The zero-order valence-electron chi connectivity index (χ0n) is 6.85. The summed E-state index contributed by atoms with van der Waals surface area (Å²) in [6, 6.07) is 0. The zero-order valence-corrected chi connectivity index (χ0v) is 6.85. The number of nitrogens with one attached hydrogen (secondary N) is 2. The van der Waals surface area contributed by atoms with E-state index in [2.05, 4.69) is 17.2 Å². The van der Waals surface area contributed by atoms with E-state index in [0.717, 1.165) is 0 Å². The molecule has 0 aromatic carbocycles. The molecule has 3 N–H and O–H groups in total. The summed E-state index contributed by atoms with van der Waals surface area (Å²) in [5, 5.41) is 13.9. The molecule has 1 atom stereocenters. The number of amides is 1. The summed E-state index contributed by atoms with van der Waals surface area (Å²) in [5.74, 6) is -0.349. The van der Waals surface area contributed by atoms with Gasteiger partial charge < -0.3 is 10.4 Å². The van der Waals surface area contributed by atoms with Crippen LogP contribution in [-0.4, -0.2) is 23.9 Å². The Morgan fingerprint density at radius 2 is 2.27 bits per heavy atom. The quantitative estimate of drug-likeness (QED) is 0.384. The normalized spacial score (nSPS) is 12.3. The molecule has 4 nitrogen and oxygen atoms in total. The van der Waals surface area contributed by atoms with E-state index in [-0.39, 0.29) is 5.91 Å². The minimum Gasteiger partial charge on any atom is -0.361 e. The summed E-state index contributed by atoms with van der Waals surface area (Å²) >= 11 is 0. The maximum Gasteiger partial charge on any atom is 0.249 e. The number of aliphatic hydroxyl groups is 1. The summed E-state index contributed by atoms with van der Waals surface area (Å²) in [6.45, 7) is 7.42. The van der Waals surface area contributed by atoms with Gasteiger partial charge in [0, 0.05) is 5.57 Å². The van der Waals surface area contributed by atoms with Crippen molar-refractivity contribution in [2.45, 2.75) is 20.2 Å². The third-order valence-corrected chi connectivity index (χ3v) is 1.05. The van der Waals surface area contributed by atoms with Crippen LogP contribution in [0.25, 0.3) is 0 Å². The van der Waals surface area contributed by atoms with Gasteiger partial charge in [0.1, 0.15) is 0 Å². The molecule has 0 aromatic heterocycles. The maximum absolute atomic E-state index is 10.8. The minimum atomic E-state index is -0.982. The van der Waals surface area contributed by atoms with Crippen LogP contribution in [0, 0.1) is 0 Å². The lowest BCUT2D eigenvalue weighted by Gasteiger charge is -2.12. The molecule has 0 aliphatic heterocycles. The molecule has 0 rings (SSSR count). The molecule has 0 aliphatic rings. The monoisotopic (exact) mass is 158 g/mol. The van der Waals surface area contributed by atoms with Gasteiger partial charge in [-0.3, -0.25) is 10.1 Å². The number of hydrogen-bond acceptors (Lipinski definition) is 3. The number of rotatable bonds is 4. The molecular formula is C7H14N2O2. The SMILES string of the molecule is C=C(C)C(=O)NC(O)NCC. The van der Waals surface area contributed by atoms with Gasteiger partial charge in [-0.05, 0) is 13.5 Å². The highest BCUT2D eigenvalue weighted by Crippen LogP contribution is 1.85. The highest BCUT2D eigenvalue weighted by Gasteiger charge is 2.06. The summed E-state index contributed by atoms with van der Waals surface area (Å²) in [6.07, 6.45) is -0.982. The van der Waals surface area contributed by atoms with E-state index >= 15 is 0 Å². The van der Waals surface area contributed by atoms with Crippen LogP contribution in [0.2, 0.25) is 0 Å². The van der Waals surface area contributed by atoms with Crippen molar-refractivity contribution < 1.29 is 9.90 Å². The second kappa shape index (κ2) is 4.87. The van der Waals surface area contributed by atoms with Gasteiger partial charge in [0.05, 0.1) is 0 Å². The average molecular weight is 158 g/mol. The molecular weight excluding hydrogens is 144 g/mol. The lowest BCUT2D eigenvalue weighted by Crippen LogP contribution is -2.45. The summed E-state index contributed by atoms with van der Waals surface area (Å²) in [5.41, 5.74) is 0.377. The average Bonchev–Trinajstić information content (AvgIpc) is 1.87. The first-order valence-corrected chi connectivity index (χ1v) is 3.45. The standard InChI is InChI=1S/C7H14N2O2/c1-4-8-7(11)9-6(10)5(2)3/h7-8,11H,2,4H2,1,3H3,(H,9,10). The highest BCUT2D eigenvalue weighted by molar-refractivity contribution is 5.92. The molecule has 0 radical (unpaired) electrons. The van der Waals surface area contributed by atoms with Crippen LogP contribution in [0.4, 0.5) is 0 Å². The van der Waals surface area contributed by atoms with Crippen LogP contribution < -0.4 is 10.6 Å². The van der Waals surface area contributed by atoms with Crippen LogP contribution >= 0.6 is 0 Å². The van der Waals surface area contributed by atoms with E-state index in [9.17, 15) is 4.79 Å². The largest absolute Gasteiger partial charge is 0.361 e. The molecule has 64 valence electrons. The van der Waals surface area contributed by atoms with Crippen LogP contribution in [-0.2, 0) is 4.79 Å². The fourth-order valence-corrected chi connectivity index (χ4v) is 0.492. The molecule has 4 heteroatoms. The third kappa shape index (κ3) is 4.52. The van der Waals surface area contributed by atoms with Gasteiger partial charge in [-0.2, -0.15) is 0 Å². The van der Waals surface area contributed by atoms with E-state index in [1.807, 2.05) is 6.92 Å². The Labute approximate surface area is 66.3 Å². The van der Waals surface area contributed by atoms with Crippen LogP contribution in [0.5, 0.6) is 0 Å². The predicted molar refractivity (Wildman–Crippen MR) is 42.6 cm³/mol. The van der Waals surface area contributed by atoms with Gasteiger partial charge in [-0.25, -0.2) is 0 Å². The molecule has 1 amide bonds. The Hall–Kier alpha value is -0.870. The highest BCUT2D eigenvalue weighted by atomic mass is 16.3. The third-order valence-electron chi connectivity index (χ3n) is 1.05. The molecule has 0 heterocycles. The van der Waals surface area contributed by atoms with Crippen molar-refractivity contribution in [1.82, 2.24) is 10.6 Å². The molecule has 0 saturated carbocycles. The number of hydrogen-bond donors (Lipinski definition) is 3. The molecule has 0 spiro atoms. The first kappa shape index (κ1) is 10.1. The first-order chi connectivity index (χ1) is 5.07. The van der Waals surface area contributed by atoms with Crippen molar-refractivity contribution in [2.75, 3.05) is 6.54 Å². The Kier molecular flexibility index (Phi) is 4.49. The maximum atomic E-state index is 10.8. The zero-order chi connectivity index (χ0) is 8.85. The summed E-state index contributed by atoms with van der Waals surface area (Å²) in [4.78, 5) is 10.8. The number of carbonyl (C=O) groups is 1. The van der Waals surface area contributed by atoms with Crippen LogP contribution in [0.15, 0.2) is 12.2 Å². The lowest BCUT2D eigenvalue weighted by molar-refractivity contribution is -0.120. The van der Waals surface area contributed by atoms with Crippen molar-refractivity contribution >= 4 is 5.91 Å². The van der Waals surface area contributed by atoms with E-state index < -0.39 is 6.35 Å². The molecule has 1 unspecified atom stereocenters. The Morgan fingerprint density at radius 3 is 2.64 bits per heavy atom. The minimum absolute atomic E-state index is 0.349. The van der Waals surface area contributed by atoms with Crippen molar-refractivity contribution in [3.8, 4) is 0 Å². The van der Waals surface area contributed by atoms with Gasteiger partial charge in [-0.1, -0.05) is 13.5 Å². The smallest absolute Gasteiger partial charge is 0.249 e. The molecule has 0 aliphatic carbocycles. The van der Waals surface area contributed by atoms with Crippen LogP contribution in [0.3, 0.4) is 0 Å². The molecule has 0 saturated heterocycles. The van der Waals surface area contributed by atoms with Gasteiger partial charge >= 0.3 is 0 Å². The van der Waals surface area contributed by atoms with E-state index in [4.69, 9.17) is 5.11 Å². The Balaban J connectivity index is 3.66. The summed E-state index contributed by atoms with van der Waals surface area (Å²) in [7, 11) is 0. The Bertz CT molecular complexity index is 157. The summed E-state index contributed by atoms with van der Waals surface area (Å²) < 4.78 is 0. The first-order valence-electron chi connectivity index (χ1n) is 3.45. The van der Waals surface area contributed by atoms with Crippen molar-refractivity contribution in [3.05, 3.63) is 12.2 Å². The molecule has 0 fully saturated rings. The molecule has 0 aromatic rings. The molecule has 11 heavy (non-hydrogen) atoms. The van der Waals surface area contributed by atoms with Gasteiger partial charge in [-0.15, -0.1) is 0 Å². The van der Waals surface area contributed by atoms with Gasteiger partial charge in [0.15, 0.2) is 6.35 Å². The lowest BCUT2D eigenvalue weighted by atomic mass is 10.3. The number of aliphatic hydroxyl groups excluding tert-OH is 1. The fourth-order valence-electron chi connectivity index (χ4n) is 0.492. The topological polar surface area (TPSA) is 61.4 Å². The van der Waals surface area contributed by atoms with Crippen molar-refractivity contribution in [1.29, 1.82) is 0 Å². The van der Waals surface area contributed by atoms with Gasteiger partial charge in [0.25, 0.3) is 0 Å².